The smallest absolute Gasteiger partial charge is 0.222 e. The Bertz CT molecular complexity index is 489. The first-order valence-electron chi connectivity index (χ1n) is 13.2. The number of rotatable bonds is 18. The van der Waals surface area contributed by atoms with Gasteiger partial charge in [-0.2, -0.15) is 0 Å². The normalized spacial score (nSPS) is 14.3. The highest BCUT2D eigenvalue weighted by Gasteiger charge is 2.56. The largest absolute Gasteiger partial charge is 0.412 e. The van der Waals surface area contributed by atoms with Crippen LogP contribution in [0, 0.1) is 0 Å². The second-order valence-corrected chi connectivity index (χ2v) is 25.6. The molecule has 0 fully saturated rings. The van der Waals surface area contributed by atoms with Gasteiger partial charge in [0.15, 0.2) is 8.32 Å². The van der Waals surface area contributed by atoms with Gasteiger partial charge in [0.1, 0.15) is 0 Å². The summed E-state index contributed by atoms with van der Waals surface area (Å²) in [6, 6.07) is 9.47. The van der Waals surface area contributed by atoms with Gasteiger partial charge in [-0.3, -0.25) is 0 Å². The lowest BCUT2D eigenvalue weighted by Gasteiger charge is -2.55. The molecule has 0 bridgehead atoms. The van der Waals surface area contributed by atoms with Gasteiger partial charge in [-0.15, -0.1) is 0 Å². The molecule has 0 aliphatic rings. The second kappa shape index (κ2) is 13.4. The van der Waals surface area contributed by atoms with Gasteiger partial charge in [0.05, 0.1) is 13.3 Å². The van der Waals surface area contributed by atoms with Crippen LogP contribution in [0.5, 0.6) is 0 Å². The van der Waals surface area contributed by atoms with Gasteiger partial charge < -0.3 is 20.3 Å². The van der Waals surface area contributed by atoms with E-state index in [-0.39, 0.29) is 10.4 Å². The van der Waals surface area contributed by atoms with Crippen LogP contribution in [0.4, 0.5) is 0 Å². The van der Waals surface area contributed by atoms with E-state index in [0.29, 0.717) is 0 Å². The summed E-state index contributed by atoms with van der Waals surface area (Å²) in [5.74, 6) is 0. The molecule has 0 unspecified atom stereocenters. The van der Waals surface area contributed by atoms with Crippen LogP contribution in [0.3, 0.4) is 0 Å². The molecule has 0 atom stereocenters. The monoisotopic (exact) mass is 490 g/mol. The van der Waals surface area contributed by atoms with E-state index < -0.39 is 24.7 Å². The van der Waals surface area contributed by atoms with Gasteiger partial charge in [-0.1, -0.05) is 59.7 Å². The fourth-order valence-electron chi connectivity index (χ4n) is 6.02. The van der Waals surface area contributed by atoms with E-state index in [2.05, 4.69) is 69.2 Å². The van der Waals surface area contributed by atoms with Crippen LogP contribution in [-0.4, -0.2) is 48.2 Å². The molecular weight excluding hydrogens is 433 g/mol. The van der Waals surface area contributed by atoms with E-state index in [1.54, 1.807) is 0 Å². The summed E-state index contributed by atoms with van der Waals surface area (Å²) in [4.78, 5) is 0. The van der Waals surface area contributed by atoms with Crippen LogP contribution in [0.15, 0.2) is 0 Å². The summed E-state index contributed by atoms with van der Waals surface area (Å²) in [5.41, 5.74) is 11.8. The standard InChI is InChI=1S/C24H58N2O2Si3/c1-11-29(12-2,21-17-19-25)23(7,8)28-31(15-5,16-6)24(9,10)27-30(13-3,14-4)22-18-20-26/h11-22,25-26H2,1-10H3. The molecule has 0 aliphatic heterocycles. The zero-order valence-corrected chi connectivity index (χ0v) is 26.0. The molecule has 31 heavy (non-hydrogen) atoms. The fraction of sp³-hybridized carbons (Fsp3) is 1.00. The van der Waals surface area contributed by atoms with Gasteiger partial charge in [-0.25, -0.2) is 0 Å². The number of hydrogen-bond acceptors (Lipinski definition) is 4. The molecule has 0 rings (SSSR count). The van der Waals surface area contributed by atoms with Crippen LogP contribution in [0.2, 0.25) is 48.4 Å². The topological polar surface area (TPSA) is 70.5 Å². The van der Waals surface area contributed by atoms with E-state index in [9.17, 15) is 0 Å². The minimum Gasteiger partial charge on any atom is -0.412 e. The minimum absolute atomic E-state index is 0.0650. The third kappa shape index (κ3) is 7.23. The summed E-state index contributed by atoms with van der Waals surface area (Å²) in [5, 5.41) is -0.263. The Morgan fingerprint density at radius 1 is 0.581 bits per heavy atom. The second-order valence-electron chi connectivity index (χ2n) is 10.6. The first-order valence-corrected chi connectivity index (χ1v) is 20.7. The highest BCUT2D eigenvalue weighted by molar-refractivity contribution is 6.85. The van der Waals surface area contributed by atoms with Crippen molar-refractivity contribution in [3.63, 3.8) is 0 Å². The Morgan fingerprint density at radius 3 is 1.39 bits per heavy atom. The summed E-state index contributed by atoms with van der Waals surface area (Å²) in [6.45, 7) is 25.2. The maximum atomic E-state index is 7.50. The molecule has 188 valence electrons. The maximum absolute atomic E-state index is 7.50. The zero-order valence-electron chi connectivity index (χ0n) is 23.0. The van der Waals surface area contributed by atoms with Crippen molar-refractivity contribution in [2.24, 2.45) is 11.5 Å². The molecule has 4 nitrogen and oxygen atoms in total. The van der Waals surface area contributed by atoms with Crippen LogP contribution in [0.1, 0.15) is 82.1 Å². The molecule has 0 amide bonds. The van der Waals surface area contributed by atoms with Crippen molar-refractivity contribution in [1.82, 2.24) is 0 Å². The number of hydrogen-bond donors (Lipinski definition) is 2. The van der Waals surface area contributed by atoms with E-state index in [0.717, 1.165) is 50.1 Å². The first-order chi connectivity index (χ1) is 14.4. The lowest BCUT2D eigenvalue weighted by molar-refractivity contribution is 0.0899. The van der Waals surface area contributed by atoms with Crippen molar-refractivity contribution in [3.8, 4) is 0 Å². The Morgan fingerprint density at radius 2 is 1.03 bits per heavy atom. The molecule has 0 aromatic heterocycles. The van der Waals surface area contributed by atoms with E-state index in [4.69, 9.17) is 20.3 Å². The molecule has 0 radical (unpaired) electrons. The van der Waals surface area contributed by atoms with Crippen molar-refractivity contribution in [3.05, 3.63) is 0 Å². The zero-order chi connectivity index (χ0) is 24.4. The molecule has 0 heterocycles. The highest BCUT2D eigenvalue weighted by Crippen LogP contribution is 2.44. The molecule has 0 spiro atoms. The predicted molar refractivity (Wildman–Crippen MR) is 147 cm³/mol. The van der Waals surface area contributed by atoms with Gasteiger partial charge in [-0.05, 0) is 83.8 Å². The summed E-state index contributed by atoms with van der Waals surface area (Å²) in [6.07, 6.45) is 2.19. The maximum Gasteiger partial charge on any atom is 0.222 e. The Balaban J connectivity index is 6.18. The first kappa shape index (κ1) is 31.5. The average Bonchev–Trinajstić information content (AvgIpc) is 2.75. The molecule has 7 heteroatoms. The summed E-state index contributed by atoms with van der Waals surface area (Å²) in [7, 11) is -5.65. The molecule has 0 aromatic rings. The predicted octanol–water partition coefficient (Wildman–Crippen LogP) is 6.81. The van der Waals surface area contributed by atoms with E-state index >= 15 is 0 Å². The lowest BCUT2D eigenvalue weighted by Crippen LogP contribution is -2.68. The van der Waals surface area contributed by atoms with Crippen LogP contribution in [0.25, 0.3) is 0 Å². The Hall–Kier alpha value is 0.491. The van der Waals surface area contributed by atoms with Gasteiger partial charge in [0, 0.05) is 5.22 Å². The van der Waals surface area contributed by atoms with E-state index in [1.165, 1.54) is 24.2 Å². The minimum atomic E-state index is -2.18. The Kier molecular flexibility index (Phi) is 13.6. The molecule has 0 saturated carbocycles. The van der Waals surface area contributed by atoms with Crippen molar-refractivity contribution in [2.75, 3.05) is 13.1 Å². The molecular formula is C24H58N2O2Si3. The fourth-order valence-corrected chi connectivity index (χ4v) is 20.5. The Labute approximate surface area is 198 Å². The molecule has 0 saturated heterocycles. The average molecular weight is 491 g/mol. The molecule has 0 aromatic carbocycles. The third-order valence-corrected chi connectivity index (χ3v) is 26.1. The van der Waals surface area contributed by atoms with Gasteiger partial charge in [0.2, 0.25) is 8.32 Å². The van der Waals surface area contributed by atoms with Gasteiger partial charge in [0.25, 0.3) is 0 Å². The van der Waals surface area contributed by atoms with E-state index in [1.807, 2.05) is 0 Å². The number of nitrogens with two attached hydrogens (primary N) is 2. The third-order valence-electron chi connectivity index (χ3n) is 8.78. The SMILES string of the molecule is CC[Si](CC)(CCCN)OC(C)(C)[Si](CC)(CC)OC(C)(C)[Si](CC)(CC)CCCN. The quantitative estimate of drug-likeness (QED) is 0.207. The van der Waals surface area contributed by atoms with Gasteiger partial charge >= 0.3 is 0 Å². The molecule has 0 aliphatic carbocycles. The van der Waals surface area contributed by atoms with Crippen LogP contribution >= 0.6 is 0 Å². The van der Waals surface area contributed by atoms with Crippen molar-refractivity contribution in [2.45, 2.75) is 141 Å². The highest BCUT2D eigenvalue weighted by atomic mass is 28.4. The summed E-state index contributed by atoms with van der Waals surface area (Å²) >= 11 is 0. The van der Waals surface area contributed by atoms with Crippen molar-refractivity contribution >= 4 is 24.7 Å². The van der Waals surface area contributed by atoms with Crippen LogP contribution in [-0.2, 0) is 8.85 Å². The van der Waals surface area contributed by atoms with Crippen LogP contribution < -0.4 is 11.5 Å². The summed E-state index contributed by atoms with van der Waals surface area (Å²) < 4.78 is 14.8. The molecule has 4 N–H and O–H groups in total. The lowest BCUT2D eigenvalue weighted by atomic mass is 10.5. The van der Waals surface area contributed by atoms with Crippen molar-refractivity contribution < 1.29 is 8.85 Å². The van der Waals surface area contributed by atoms with Crippen molar-refractivity contribution in [1.29, 1.82) is 0 Å².